The zero-order chi connectivity index (χ0) is 18.9. The van der Waals surface area contributed by atoms with Crippen molar-refractivity contribution in [1.82, 2.24) is 9.97 Å². The number of fused-ring (bicyclic) bond motifs is 1. The summed E-state index contributed by atoms with van der Waals surface area (Å²) in [6, 6.07) is 12.0. The Labute approximate surface area is 163 Å². The first kappa shape index (κ1) is 17.9. The van der Waals surface area contributed by atoms with Crippen LogP contribution in [0.25, 0.3) is 6.08 Å². The van der Waals surface area contributed by atoms with E-state index in [0.29, 0.717) is 5.69 Å². The van der Waals surface area contributed by atoms with E-state index in [1.807, 2.05) is 30.3 Å². The van der Waals surface area contributed by atoms with Gasteiger partial charge in [-0.25, -0.2) is 4.98 Å². The molecule has 0 aliphatic heterocycles. The SMILES string of the molecule is Cc1c(Sc2ccccc2)cc(NS(=O)(=O)c2cnc[nH]2)c2c1CCC=C2. The first-order valence-electron chi connectivity index (χ1n) is 8.62. The van der Waals surface area contributed by atoms with Crippen molar-refractivity contribution < 1.29 is 8.42 Å². The van der Waals surface area contributed by atoms with E-state index in [2.05, 4.69) is 39.8 Å². The first-order valence-corrected chi connectivity index (χ1v) is 10.9. The molecule has 0 unspecified atom stereocenters. The van der Waals surface area contributed by atoms with Gasteiger partial charge in [0, 0.05) is 15.4 Å². The number of rotatable bonds is 5. The number of sulfonamides is 1. The molecule has 2 aromatic carbocycles. The quantitative estimate of drug-likeness (QED) is 0.658. The molecule has 1 aromatic heterocycles. The fraction of sp³-hybridized carbons (Fsp3) is 0.150. The highest BCUT2D eigenvalue weighted by Gasteiger charge is 2.22. The maximum Gasteiger partial charge on any atom is 0.278 e. The summed E-state index contributed by atoms with van der Waals surface area (Å²) < 4.78 is 28.1. The summed E-state index contributed by atoms with van der Waals surface area (Å²) in [5.74, 6) is 0. The molecule has 0 amide bonds. The lowest BCUT2D eigenvalue weighted by Crippen LogP contribution is -2.15. The van der Waals surface area contributed by atoms with Crippen molar-refractivity contribution >= 4 is 33.5 Å². The van der Waals surface area contributed by atoms with Gasteiger partial charge in [-0.15, -0.1) is 0 Å². The highest BCUT2D eigenvalue weighted by molar-refractivity contribution is 7.99. The minimum absolute atomic E-state index is 0.0499. The number of aromatic nitrogens is 2. The van der Waals surface area contributed by atoms with Crippen LogP contribution in [-0.2, 0) is 16.4 Å². The number of benzene rings is 2. The number of allylic oxidation sites excluding steroid dienone is 1. The second-order valence-corrected chi connectivity index (χ2v) is 9.08. The van der Waals surface area contributed by atoms with E-state index in [0.717, 1.165) is 28.2 Å². The predicted octanol–water partition coefficient (Wildman–Crippen LogP) is 4.63. The number of hydrogen-bond donors (Lipinski definition) is 2. The molecule has 138 valence electrons. The number of nitrogens with zero attached hydrogens (tertiary/aromatic N) is 1. The molecule has 7 heteroatoms. The van der Waals surface area contributed by atoms with E-state index >= 15 is 0 Å². The minimum atomic E-state index is -3.72. The third-order valence-electron chi connectivity index (χ3n) is 4.54. The molecule has 0 radical (unpaired) electrons. The van der Waals surface area contributed by atoms with Crippen LogP contribution in [0.4, 0.5) is 5.69 Å². The lowest BCUT2D eigenvalue weighted by Gasteiger charge is -2.21. The molecule has 0 saturated heterocycles. The molecule has 0 spiro atoms. The average molecular weight is 398 g/mol. The Morgan fingerprint density at radius 2 is 2.04 bits per heavy atom. The molecule has 1 aliphatic rings. The van der Waals surface area contributed by atoms with Gasteiger partial charge in [0.05, 0.1) is 18.2 Å². The number of hydrogen-bond acceptors (Lipinski definition) is 4. The first-order chi connectivity index (χ1) is 13.0. The highest BCUT2D eigenvalue weighted by atomic mass is 32.2. The lowest BCUT2D eigenvalue weighted by molar-refractivity contribution is 0.598. The number of H-pyrrole nitrogens is 1. The normalized spacial score (nSPS) is 13.4. The Hall–Kier alpha value is -2.51. The topological polar surface area (TPSA) is 74.8 Å². The van der Waals surface area contributed by atoms with Crippen LogP contribution in [0.1, 0.15) is 23.1 Å². The van der Waals surface area contributed by atoms with Crippen LogP contribution in [-0.4, -0.2) is 18.4 Å². The second-order valence-electron chi connectivity index (χ2n) is 6.32. The summed E-state index contributed by atoms with van der Waals surface area (Å²) in [6.07, 6.45) is 8.61. The monoisotopic (exact) mass is 397 g/mol. The van der Waals surface area contributed by atoms with Crippen molar-refractivity contribution in [1.29, 1.82) is 0 Å². The van der Waals surface area contributed by atoms with Crippen molar-refractivity contribution in [3.05, 3.63) is 71.7 Å². The van der Waals surface area contributed by atoms with Crippen molar-refractivity contribution in [3.63, 3.8) is 0 Å². The summed E-state index contributed by atoms with van der Waals surface area (Å²) in [5.41, 5.74) is 3.94. The van der Waals surface area contributed by atoms with E-state index in [-0.39, 0.29) is 5.03 Å². The average Bonchev–Trinajstić information content (AvgIpc) is 3.22. The largest absolute Gasteiger partial charge is 0.334 e. The van der Waals surface area contributed by atoms with E-state index in [4.69, 9.17) is 0 Å². The van der Waals surface area contributed by atoms with Gasteiger partial charge in [-0.05, 0) is 49.1 Å². The highest BCUT2D eigenvalue weighted by Crippen LogP contribution is 2.39. The molecule has 1 heterocycles. The zero-order valence-corrected chi connectivity index (χ0v) is 16.4. The molecule has 2 N–H and O–H groups in total. The molecular weight excluding hydrogens is 378 g/mol. The summed E-state index contributed by atoms with van der Waals surface area (Å²) in [6.45, 7) is 2.11. The summed E-state index contributed by atoms with van der Waals surface area (Å²) in [5, 5.41) is 0.0499. The maximum atomic E-state index is 12.7. The Morgan fingerprint density at radius 3 is 2.78 bits per heavy atom. The molecule has 0 fully saturated rings. The molecule has 0 saturated carbocycles. The van der Waals surface area contributed by atoms with E-state index in [1.54, 1.807) is 11.8 Å². The van der Waals surface area contributed by atoms with Crippen LogP contribution in [0, 0.1) is 6.92 Å². The van der Waals surface area contributed by atoms with Gasteiger partial charge in [0.25, 0.3) is 10.0 Å². The minimum Gasteiger partial charge on any atom is -0.334 e. The van der Waals surface area contributed by atoms with Gasteiger partial charge in [-0.3, -0.25) is 4.72 Å². The van der Waals surface area contributed by atoms with Crippen molar-refractivity contribution in [2.75, 3.05) is 4.72 Å². The number of anilines is 1. The summed E-state index contributed by atoms with van der Waals surface area (Å²) in [7, 11) is -3.72. The number of nitrogens with one attached hydrogen (secondary N) is 2. The molecule has 1 aliphatic carbocycles. The molecule has 0 atom stereocenters. The Balaban J connectivity index is 1.79. The fourth-order valence-electron chi connectivity index (χ4n) is 3.17. The van der Waals surface area contributed by atoms with Gasteiger partial charge >= 0.3 is 0 Å². The zero-order valence-electron chi connectivity index (χ0n) is 14.8. The smallest absolute Gasteiger partial charge is 0.278 e. The van der Waals surface area contributed by atoms with E-state index in [9.17, 15) is 8.42 Å². The Bertz CT molecular complexity index is 1090. The van der Waals surface area contributed by atoms with Crippen LogP contribution in [0.3, 0.4) is 0 Å². The predicted molar refractivity (Wildman–Crippen MR) is 108 cm³/mol. The van der Waals surface area contributed by atoms with Crippen LogP contribution in [0.5, 0.6) is 0 Å². The molecule has 4 rings (SSSR count). The van der Waals surface area contributed by atoms with Crippen LogP contribution < -0.4 is 4.72 Å². The molecular formula is C20H19N3O2S2. The Kier molecular flexibility index (Phi) is 4.80. The molecule has 0 bridgehead atoms. The lowest BCUT2D eigenvalue weighted by atomic mass is 9.92. The summed E-state index contributed by atoms with van der Waals surface area (Å²) in [4.78, 5) is 8.64. The molecule has 5 nitrogen and oxygen atoms in total. The van der Waals surface area contributed by atoms with Gasteiger partial charge in [0.2, 0.25) is 0 Å². The van der Waals surface area contributed by atoms with Gasteiger partial charge in [-0.2, -0.15) is 8.42 Å². The third-order valence-corrected chi connectivity index (χ3v) is 6.98. The van der Waals surface area contributed by atoms with Crippen molar-refractivity contribution in [2.45, 2.75) is 34.6 Å². The maximum absolute atomic E-state index is 12.7. The van der Waals surface area contributed by atoms with Gasteiger partial charge < -0.3 is 4.98 Å². The Morgan fingerprint density at radius 1 is 1.22 bits per heavy atom. The summed E-state index contributed by atoms with van der Waals surface area (Å²) >= 11 is 1.65. The van der Waals surface area contributed by atoms with E-state index < -0.39 is 10.0 Å². The van der Waals surface area contributed by atoms with Crippen molar-refractivity contribution in [2.24, 2.45) is 0 Å². The van der Waals surface area contributed by atoms with Crippen LogP contribution >= 0.6 is 11.8 Å². The fourth-order valence-corrected chi connectivity index (χ4v) is 5.14. The van der Waals surface area contributed by atoms with Gasteiger partial charge in [-0.1, -0.05) is 42.1 Å². The van der Waals surface area contributed by atoms with Crippen LogP contribution in [0.15, 0.2) is 69.8 Å². The standard InChI is InChI=1S/C20H19N3O2S2/c1-14-16-9-5-6-10-17(16)18(23-27(24,25)20-12-21-13-22-20)11-19(14)26-15-7-3-2-4-8-15/h2-4,6-8,10-13,23H,5,9H2,1H3,(H,21,22). The van der Waals surface area contributed by atoms with Crippen molar-refractivity contribution in [3.8, 4) is 0 Å². The van der Waals surface area contributed by atoms with Gasteiger partial charge in [0.15, 0.2) is 5.03 Å². The van der Waals surface area contributed by atoms with Crippen LogP contribution in [0.2, 0.25) is 0 Å². The second kappa shape index (κ2) is 7.25. The third kappa shape index (κ3) is 3.65. The molecule has 27 heavy (non-hydrogen) atoms. The van der Waals surface area contributed by atoms with Gasteiger partial charge in [0.1, 0.15) is 0 Å². The number of aromatic amines is 1. The molecule has 3 aromatic rings. The van der Waals surface area contributed by atoms with E-state index in [1.165, 1.54) is 23.7 Å². The number of imidazole rings is 1.